The second kappa shape index (κ2) is 5.06. The molecule has 0 spiro atoms. The molecule has 4 nitrogen and oxygen atoms in total. The van der Waals surface area contributed by atoms with Gasteiger partial charge in [-0.15, -0.1) is 0 Å². The Bertz CT molecular complexity index is 541. The number of furan rings is 1. The standard InChI is InChI=1S/C14H16N2O2/c1-9-3-5-11(6-4-9)16-14(17)13-8-7-12(18-13)10(2)15/h3-8,10H,15H2,1-2H3,(H,16,17). The first-order valence-corrected chi connectivity index (χ1v) is 5.79. The highest BCUT2D eigenvalue weighted by atomic mass is 16.4. The third-order valence-corrected chi connectivity index (χ3v) is 2.61. The molecule has 0 saturated heterocycles. The number of hydrogen-bond acceptors (Lipinski definition) is 3. The lowest BCUT2D eigenvalue weighted by Gasteiger charge is -2.03. The van der Waals surface area contributed by atoms with Crippen LogP contribution in [-0.2, 0) is 0 Å². The molecule has 0 saturated carbocycles. The minimum absolute atomic E-state index is 0.217. The highest BCUT2D eigenvalue weighted by Crippen LogP contribution is 2.16. The van der Waals surface area contributed by atoms with Crippen molar-refractivity contribution in [2.75, 3.05) is 5.32 Å². The van der Waals surface area contributed by atoms with E-state index in [9.17, 15) is 4.79 Å². The van der Waals surface area contributed by atoms with Crippen LogP contribution in [0.25, 0.3) is 0 Å². The topological polar surface area (TPSA) is 68.3 Å². The largest absolute Gasteiger partial charge is 0.454 e. The number of anilines is 1. The molecule has 1 aromatic carbocycles. The van der Waals surface area contributed by atoms with E-state index >= 15 is 0 Å². The molecule has 1 atom stereocenters. The zero-order valence-corrected chi connectivity index (χ0v) is 10.4. The third-order valence-electron chi connectivity index (χ3n) is 2.61. The van der Waals surface area contributed by atoms with Crippen LogP contribution in [-0.4, -0.2) is 5.91 Å². The molecular weight excluding hydrogens is 228 g/mol. The van der Waals surface area contributed by atoms with Crippen molar-refractivity contribution in [1.29, 1.82) is 0 Å². The first-order valence-electron chi connectivity index (χ1n) is 5.79. The molecule has 94 valence electrons. The van der Waals surface area contributed by atoms with Crippen molar-refractivity contribution >= 4 is 11.6 Å². The van der Waals surface area contributed by atoms with Crippen LogP contribution in [0.15, 0.2) is 40.8 Å². The maximum Gasteiger partial charge on any atom is 0.291 e. The van der Waals surface area contributed by atoms with Gasteiger partial charge in [0.1, 0.15) is 5.76 Å². The van der Waals surface area contributed by atoms with Crippen LogP contribution in [0.5, 0.6) is 0 Å². The number of nitrogens with one attached hydrogen (secondary N) is 1. The van der Waals surface area contributed by atoms with Gasteiger partial charge in [0.15, 0.2) is 5.76 Å². The summed E-state index contributed by atoms with van der Waals surface area (Å²) in [4.78, 5) is 11.9. The summed E-state index contributed by atoms with van der Waals surface area (Å²) < 4.78 is 5.37. The Morgan fingerprint density at radius 3 is 2.44 bits per heavy atom. The number of aryl methyl sites for hydroxylation is 1. The number of nitrogens with two attached hydrogens (primary N) is 1. The second-order valence-corrected chi connectivity index (χ2v) is 4.31. The predicted octanol–water partition coefficient (Wildman–Crippen LogP) is 2.86. The molecule has 1 unspecified atom stereocenters. The van der Waals surface area contributed by atoms with Gasteiger partial charge in [0, 0.05) is 5.69 Å². The number of hydrogen-bond donors (Lipinski definition) is 2. The minimum Gasteiger partial charge on any atom is -0.454 e. The van der Waals surface area contributed by atoms with E-state index in [1.807, 2.05) is 31.2 Å². The molecular formula is C14H16N2O2. The van der Waals surface area contributed by atoms with Crippen molar-refractivity contribution in [3.05, 3.63) is 53.5 Å². The Balaban J connectivity index is 2.09. The Kier molecular flexibility index (Phi) is 3.48. The lowest BCUT2D eigenvalue weighted by atomic mass is 10.2. The van der Waals surface area contributed by atoms with Crippen molar-refractivity contribution in [3.8, 4) is 0 Å². The molecule has 0 aliphatic rings. The summed E-state index contributed by atoms with van der Waals surface area (Å²) in [6.07, 6.45) is 0. The first-order chi connectivity index (χ1) is 8.56. The van der Waals surface area contributed by atoms with Crippen molar-refractivity contribution in [1.82, 2.24) is 0 Å². The van der Waals surface area contributed by atoms with Gasteiger partial charge in [0.2, 0.25) is 0 Å². The van der Waals surface area contributed by atoms with Crippen molar-refractivity contribution in [2.24, 2.45) is 5.73 Å². The van der Waals surface area contributed by atoms with Crippen LogP contribution in [0.1, 0.15) is 34.8 Å². The zero-order chi connectivity index (χ0) is 13.1. The van der Waals surface area contributed by atoms with Gasteiger partial charge in [-0.25, -0.2) is 0 Å². The molecule has 1 aromatic heterocycles. The van der Waals surface area contributed by atoms with Gasteiger partial charge in [0.05, 0.1) is 6.04 Å². The van der Waals surface area contributed by atoms with Gasteiger partial charge in [-0.05, 0) is 38.1 Å². The Hall–Kier alpha value is -2.07. The van der Waals surface area contributed by atoms with Gasteiger partial charge in [-0.1, -0.05) is 17.7 Å². The van der Waals surface area contributed by atoms with Crippen LogP contribution in [0.4, 0.5) is 5.69 Å². The van der Waals surface area contributed by atoms with E-state index in [2.05, 4.69) is 5.32 Å². The molecule has 0 bridgehead atoms. The van der Waals surface area contributed by atoms with Crippen LogP contribution in [0, 0.1) is 6.92 Å². The quantitative estimate of drug-likeness (QED) is 0.872. The van der Waals surface area contributed by atoms with E-state index < -0.39 is 0 Å². The summed E-state index contributed by atoms with van der Waals surface area (Å²) >= 11 is 0. The Labute approximate surface area is 106 Å². The van der Waals surface area contributed by atoms with E-state index in [0.717, 1.165) is 11.3 Å². The van der Waals surface area contributed by atoms with E-state index in [0.29, 0.717) is 5.76 Å². The number of rotatable bonds is 3. The van der Waals surface area contributed by atoms with Crippen LogP contribution >= 0.6 is 0 Å². The smallest absolute Gasteiger partial charge is 0.291 e. The molecule has 0 aliphatic heterocycles. The second-order valence-electron chi connectivity index (χ2n) is 4.31. The molecule has 1 amide bonds. The van der Waals surface area contributed by atoms with E-state index in [1.165, 1.54) is 0 Å². The summed E-state index contributed by atoms with van der Waals surface area (Å²) in [5, 5.41) is 2.76. The predicted molar refractivity (Wildman–Crippen MR) is 70.4 cm³/mol. The Morgan fingerprint density at radius 1 is 1.22 bits per heavy atom. The molecule has 4 heteroatoms. The summed E-state index contributed by atoms with van der Waals surface area (Å²) in [7, 11) is 0. The lowest BCUT2D eigenvalue weighted by molar-refractivity contribution is 0.0994. The molecule has 0 radical (unpaired) electrons. The molecule has 18 heavy (non-hydrogen) atoms. The number of benzene rings is 1. The van der Waals surface area contributed by atoms with Crippen molar-refractivity contribution in [2.45, 2.75) is 19.9 Å². The SMILES string of the molecule is Cc1ccc(NC(=O)c2ccc(C(C)N)o2)cc1. The van der Waals surface area contributed by atoms with Crippen LogP contribution in [0.2, 0.25) is 0 Å². The number of amides is 1. The van der Waals surface area contributed by atoms with Gasteiger partial charge in [-0.3, -0.25) is 4.79 Å². The monoisotopic (exact) mass is 244 g/mol. The summed E-state index contributed by atoms with van der Waals surface area (Å²) in [5.41, 5.74) is 7.55. The maximum atomic E-state index is 11.9. The minimum atomic E-state index is -0.272. The van der Waals surface area contributed by atoms with Crippen LogP contribution < -0.4 is 11.1 Å². The normalized spacial score (nSPS) is 12.2. The molecule has 1 heterocycles. The van der Waals surface area contributed by atoms with E-state index in [-0.39, 0.29) is 17.7 Å². The van der Waals surface area contributed by atoms with Gasteiger partial charge in [0.25, 0.3) is 5.91 Å². The first kappa shape index (κ1) is 12.4. The van der Waals surface area contributed by atoms with Gasteiger partial charge >= 0.3 is 0 Å². The maximum absolute atomic E-state index is 11.9. The average molecular weight is 244 g/mol. The molecule has 2 aromatic rings. The fraction of sp³-hybridized carbons (Fsp3) is 0.214. The summed E-state index contributed by atoms with van der Waals surface area (Å²) in [5.74, 6) is 0.595. The van der Waals surface area contributed by atoms with Gasteiger partial charge in [-0.2, -0.15) is 0 Å². The highest BCUT2D eigenvalue weighted by molar-refractivity contribution is 6.02. The van der Waals surface area contributed by atoms with E-state index in [1.54, 1.807) is 19.1 Å². The zero-order valence-electron chi connectivity index (χ0n) is 10.4. The van der Waals surface area contributed by atoms with Crippen LogP contribution in [0.3, 0.4) is 0 Å². The molecule has 2 rings (SSSR count). The fourth-order valence-electron chi connectivity index (χ4n) is 1.55. The van der Waals surface area contributed by atoms with E-state index in [4.69, 9.17) is 10.2 Å². The molecule has 0 aliphatic carbocycles. The van der Waals surface area contributed by atoms with Crippen molar-refractivity contribution in [3.63, 3.8) is 0 Å². The number of carbonyl (C=O) groups is 1. The Morgan fingerprint density at radius 2 is 1.89 bits per heavy atom. The summed E-state index contributed by atoms with van der Waals surface area (Å²) in [6.45, 7) is 3.80. The fourth-order valence-corrected chi connectivity index (χ4v) is 1.55. The highest BCUT2D eigenvalue weighted by Gasteiger charge is 2.13. The molecule has 0 fully saturated rings. The van der Waals surface area contributed by atoms with Crippen molar-refractivity contribution < 1.29 is 9.21 Å². The number of carbonyl (C=O) groups excluding carboxylic acids is 1. The summed E-state index contributed by atoms with van der Waals surface area (Å²) in [6, 6.07) is 10.7. The average Bonchev–Trinajstić information content (AvgIpc) is 2.81. The third kappa shape index (κ3) is 2.78. The molecule has 3 N–H and O–H groups in total. The van der Waals surface area contributed by atoms with Gasteiger partial charge < -0.3 is 15.5 Å². The lowest BCUT2D eigenvalue weighted by Crippen LogP contribution is -2.11.